The van der Waals surface area contributed by atoms with Crippen molar-refractivity contribution in [2.75, 3.05) is 6.61 Å². The third kappa shape index (κ3) is 4.76. The maximum absolute atomic E-state index is 11.4. The third-order valence-electron chi connectivity index (χ3n) is 2.40. The van der Waals surface area contributed by atoms with Gasteiger partial charge in [0.15, 0.2) is 6.04 Å². The van der Waals surface area contributed by atoms with Gasteiger partial charge in [0.2, 0.25) is 0 Å². The Balaban J connectivity index is 2.42. The van der Waals surface area contributed by atoms with Crippen molar-refractivity contribution < 1.29 is 9.53 Å². The number of ether oxygens (including phenoxy) is 1. The summed E-state index contributed by atoms with van der Waals surface area (Å²) in [6.07, 6.45) is 1.80. The largest absolute Gasteiger partial charge is 0.464 e. The highest BCUT2D eigenvalue weighted by molar-refractivity contribution is 5.75. The second-order valence-electron chi connectivity index (χ2n) is 3.81. The van der Waals surface area contributed by atoms with Crippen LogP contribution < -0.4 is 0 Å². The van der Waals surface area contributed by atoms with Crippen LogP contribution in [0.1, 0.15) is 25.3 Å². The van der Waals surface area contributed by atoms with Crippen molar-refractivity contribution in [2.24, 2.45) is 5.18 Å². The van der Waals surface area contributed by atoms with E-state index in [0.717, 1.165) is 12.0 Å². The van der Waals surface area contributed by atoms with E-state index in [1.165, 1.54) is 0 Å². The minimum absolute atomic E-state index is 0.343. The van der Waals surface area contributed by atoms with Crippen LogP contribution in [0.5, 0.6) is 0 Å². The molecule has 0 aliphatic carbocycles. The van der Waals surface area contributed by atoms with Crippen molar-refractivity contribution in [1.29, 1.82) is 0 Å². The molecule has 1 aromatic rings. The number of carbonyl (C=O) groups excluding carboxylic acids is 1. The van der Waals surface area contributed by atoms with Crippen LogP contribution in [0.3, 0.4) is 0 Å². The highest BCUT2D eigenvalue weighted by Gasteiger charge is 2.20. The predicted molar refractivity (Wildman–Crippen MR) is 65.6 cm³/mol. The average Bonchev–Trinajstić information content (AvgIpc) is 2.38. The molecule has 1 aromatic carbocycles. The van der Waals surface area contributed by atoms with Crippen LogP contribution in [0.4, 0.5) is 0 Å². The lowest BCUT2D eigenvalue weighted by Gasteiger charge is -2.08. The Bertz CT molecular complexity index is 351. The molecule has 0 saturated carbocycles. The predicted octanol–water partition coefficient (Wildman–Crippen LogP) is 2.71. The first-order valence-electron chi connectivity index (χ1n) is 5.81. The second-order valence-corrected chi connectivity index (χ2v) is 3.81. The monoisotopic (exact) mass is 235 g/mol. The summed E-state index contributed by atoms with van der Waals surface area (Å²) in [5.41, 5.74) is 1.09. The fourth-order valence-electron chi connectivity index (χ4n) is 1.46. The van der Waals surface area contributed by atoms with Gasteiger partial charge < -0.3 is 4.74 Å². The summed E-state index contributed by atoms with van der Waals surface area (Å²) < 4.78 is 4.90. The van der Waals surface area contributed by atoms with Gasteiger partial charge in [0.25, 0.3) is 0 Å². The molecule has 92 valence electrons. The van der Waals surface area contributed by atoms with E-state index in [0.29, 0.717) is 19.4 Å². The molecule has 4 nitrogen and oxygen atoms in total. The summed E-state index contributed by atoms with van der Waals surface area (Å²) in [5.74, 6) is -0.516. The standard InChI is InChI=1S/C13H17NO3/c1-2-10-17-13(15)12(14-16)9-8-11-6-4-3-5-7-11/h3-7,12H,2,8-10H2,1H3. The van der Waals surface area contributed by atoms with Crippen LogP contribution in [0.25, 0.3) is 0 Å². The van der Waals surface area contributed by atoms with Crippen molar-refractivity contribution in [3.05, 3.63) is 40.8 Å². The number of nitroso groups, excluding NO2 is 1. The minimum Gasteiger partial charge on any atom is -0.464 e. The van der Waals surface area contributed by atoms with Crippen LogP contribution in [0, 0.1) is 4.91 Å². The minimum atomic E-state index is -0.887. The van der Waals surface area contributed by atoms with Crippen molar-refractivity contribution in [3.63, 3.8) is 0 Å². The number of carbonyl (C=O) groups is 1. The number of aryl methyl sites for hydroxylation is 1. The van der Waals surface area contributed by atoms with Crippen LogP contribution in [0.2, 0.25) is 0 Å². The van der Waals surface area contributed by atoms with E-state index < -0.39 is 12.0 Å². The molecule has 0 aromatic heterocycles. The van der Waals surface area contributed by atoms with E-state index in [9.17, 15) is 9.70 Å². The fraction of sp³-hybridized carbons (Fsp3) is 0.462. The molecule has 0 aliphatic rings. The van der Waals surface area contributed by atoms with Gasteiger partial charge in [0.05, 0.1) is 6.61 Å². The normalized spacial score (nSPS) is 11.8. The van der Waals surface area contributed by atoms with Crippen LogP contribution in [-0.4, -0.2) is 18.6 Å². The van der Waals surface area contributed by atoms with Gasteiger partial charge in [0.1, 0.15) is 0 Å². The first-order chi connectivity index (χ1) is 8.27. The van der Waals surface area contributed by atoms with Crippen LogP contribution in [0.15, 0.2) is 35.5 Å². The SMILES string of the molecule is CCCOC(=O)C(CCc1ccccc1)N=O. The summed E-state index contributed by atoms with van der Waals surface area (Å²) in [6, 6.07) is 8.80. The second kappa shape index (κ2) is 7.54. The van der Waals surface area contributed by atoms with E-state index in [-0.39, 0.29) is 0 Å². The van der Waals surface area contributed by atoms with Gasteiger partial charge in [0, 0.05) is 0 Å². The quantitative estimate of drug-likeness (QED) is 0.539. The van der Waals surface area contributed by atoms with E-state index in [1.807, 2.05) is 37.3 Å². The van der Waals surface area contributed by atoms with Crippen LogP contribution in [-0.2, 0) is 16.0 Å². The molecule has 1 unspecified atom stereocenters. The van der Waals surface area contributed by atoms with Gasteiger partial charge in [-0.25, -0.2) is 4.79 Å². The molecular weight excluding hydrogens is 218 g/mol. The molecule has 1 rings (SSSR count). The van der Waals surface area contributed by atoms with Crippen molar-refractivity contribution >= 4 is 5.97 Å². The summed E-state index contributed by atoms with van der Waals surface area (Å²) in [5, 5.41) is 2.83. The zero-order valence-electron chi connectivity index (χ0n) is 9.96. The number of hydrogen-bond acceptors (Lipinski definition) is 4. The van der Waals surface area contributed by atoms with Crippen LogP contribution >= 0.6 is 0 Å². The lowest BCUT2D eigenvalue weighted by molar-refractivity contribution is -0.145. The average molecular weight is 235 g/mol. The molecule has 0 radical (unpaired) electrons. The summed E-state index contributed by atoms with van der Waals surface area (Å²) in [6.45, 7) is 2.25. The number of benzene rings is 1. The Morgan fingerprint density at radius 1 is 1.35 bits per heavy atom. The van der Waals surface area contributed by atoms with Gasteiger partial charge in [-0.15, -0.1) is 4.91 Å². The van der Waals surface area contributed by atoms with Crippen molar-refractivity contribution in [1.82, 2.24) is 0 Å². The van der Waals surface area contributed by atoms with E-state index >= 15 is 0 Å². The number of rotatable bonds is 7. The molecule has 0 amide bonds. The van der Waals surface area contributed by atoms with E-state index in [2.05, 4.69) is 5.18 Å². The van der Waals surface area contributed by atoms with Crippen molar-refractivity contribution in [2.45, 2.75) is 32.2 Å². The first kappa shape index (κ1) is 13.4. The van der Waals surface area contributed by atoms with Gasteiger partial charge in [-0.2, -0.15) is 0 Å². The molecule has 0 fully saturated rings. The van der Waals surface area contributed by atoms with Gasteiger partial charge in [-0.05, 0) is 24.8 Å². The number of esters is 1. The van der Waals surface area contributed by atoms with Gasteiger partial charge in [-0.1, -0.05) is 42.4 Å². The molecule has 4 heteroatoms. The zero-order valence-corrected chi connectivity index (χ0v) is 9.96. The lowest BCUT2D eigenvalue weighted by Crippen LogP contribution is -2.22. The zero-order chi connectivity index (χ0) is 12.5. The Morgan fingerprint density at radius 3 is 2.65 bits per heavy atom. The highest BCUT2D eigenvalue weighted by atomic mass is 16.5. The number of hydrogen-bond donors (Lipinski definition) is 0. The highest BCUT2D eigenvalue weighted by Crippen LogP contribution is 2.08. The molecule has 0 N–H and O–H groups in total. The Hall–Kier alpha value is -1.71. The molecular formula is C13H17NO3. The Morgan fingerprint density at radius 2 is 2.06 bits per heavy atom. The lowest BCUT2D eigenvalue weighted by atomic mass is 10.1. The third-order valence-corrected chi connectivity index (χ3v) is 2.40. The summed E-state index contributed by atoms with van der Waals surface area (Å²) in [4.78, 5) is 22.0. The Kier molecular flexibility index (Phi) is 5.93. The fourth-order valence-corrected chi connectivity index (χ4v) is 1.46. The molecule has 0 heterocycles. The van der Waals surface area contributed by atoms with E-state index in [1.54, 1.807) is 0 Å². The first-order valence-corrected chi connectivity index (χ1v) is 5.81. The topological polar surface area (TPSA) is 55.7 Å². The van der Waals surface area contributed by atoms with Gasteiger partial charge >= 0.3 is 5.97 Å². The van der Waals surface area contributed by atoms with E-state index in [4.69, 9.17) is 4.74 Å². The smallest absolute Gasteiger partial charge is 0.334 e. The van der Waals surface area contributed by atoms with Gasteiger partial charge in [-0.3, -0.25) is 0 Å². The molecule has 17 heavy (non-hydrogen) atoms. The maximum atomic E-state index is 11.4. The molecule has 0 spiro atoms. The summed E-state index contributed by atoms with van der Waals surface area (Å²) in [7, 11) is 0. The molecule has 0 bridgehead atoms. The molecule has 1 atom stereocenters. The maximum Gasteiger partial charge on any atom is 0.334 e. The summed E-state index contributed by atoms with van der Waals surface area (Å²) >= 11 is 0. The molecule has 0 aliphatic heterocycles. The molecule has 0 saturated heterocycles. The van der Waals surface area contributed by atoms with Crippen molar-refractivity contribution in [3.8, 4) is 0 Å². The Labute approximate surface area is 101 Å². The number of nitrogens with zero attached hydrogens (tertiary/aromatic N) is 1.